The Morgan fingerprint density at radius 1 is 1.50 bits per heavy atom. The Balaban J connectivity index is 2.02. The minimum atomic E-state index is -0.603. The van der Waals surface area contributed by atoms with Crippen LogP contribution in [0.5, 0.6) is 0 Å². The van der Waals surface area contributed by atoms with E-state index in [0.29, 0.717) is 12.8 Å². The molecule has 1 aromatic rings. The lowest BCUT2D eigenvalue weighted by Crippen LogP contribution is -2.54. The molecular formula is C15H18O3. The van der Waals surface area contributed by atoms with Gasteiger partial charge in [0, 0.05) is 6.42 Å². The van der Waals surface area contributed by atoms with Crippen molar-refractivity contribution in [2.75, 3.05) is 0 Å². The summed E-state index contributed by atoms with van der Waals surface area (Å²) in [6.45, 7) is 5.53. The lowest BCUT2D eigenvalue weighted by molar-refractivity contribution is -0.207. The van der Waals surface area contributed by atoms with E-state index in [-0.39, 0.29) is 12.1 Å². The zero-order valence-electron chi connectivity index (χ0n) is 10.5. The minimum absolute atomic E-state index is 0.201. The summed E-state index contributed by atoms with van der Waals surface area (Å²) >= 11 is 0. The van der Waals surface area contributed by atoms with Gasteiger partial charge >= 0.3 is 5.97 Å². The van der Waals surface area contributed by atoms with Crippen molar-refractivity contribution >= 4 is 5.97 Å². The normalized spacial score (nSPS) is 28.1. The molecule has 1 aliphatic heterocycles. The minimum Gasteiger partial charge on any atom is -0.461 e. The fourth-order valence-corrected chi connectivity index (χ4v) is 2.30. The van der Waals surface area contributed by atoms with Gasteiger partial charge in [0.15, 0.2) is 0 Å². The van der Waals surface area contributed by atoms with Gasteiger partial charge in [-0.25, -0.2) is 0 Å². The molecule has 1 aromatic carbocycles. The molecule has 3 nitrogen and oxygen atoms in total. The molecule has 96 valence electrons. The number of esters is 1. The number of carbonyl (C=O) groups excluding carboxylic acids is 1. The number of carbonyl (C=O) groups is 1. The maximum absolute atomic E-state index is 11.5. The van der Waals surface area contributed by atoms with Gasteiger partial charge in [0.1, 0.15) is 11.5 Å². The van der Waals surface area contributed by atoms with E-state index in [9.17, 15) is 9.90 Å². The number of hydrogen-bond donors (Lipinski definition) is 1. The third-order valence-electron chi connectivity index (χ3n) is 3.62. The summed E-state index contributed by atoms with van der Waals surface area (Å²) in [5.74, 6) is -0.201. The molecule has 0 aliphatic carbocycles. The van der Waals surface area contributed by atoms with Gasteiger partial charge < -0.3 is 9.84 Å². The van der Waals surface area contributed by atoms with Gasteiger partial charge in [-0.3, -0.25) is 4.79 Å². The van der Waals surface area contributed by atoms with E-state index in [1.165, 1.54) is 0 Å². The predicted octanol–water partition coefficient (Wildman–Crippen LogP) is 2.62. The third kappa shape index (κ3) is 2.18. The summed E-state index contributed by atoms with van der Waals surface area (Å²) in [6.07, 6.45) is 1.90. The van der Waals surface area contributed by atoms with Crippen LogP contribution in [0.1, 0.15) is 31.4 Å². The van der Waals surface area contributed by atoms with Crippen LogP contribution in [0.4, 0.5) is 0 Å². The molecule has 0 saturated carbocycles. The van der Waals surface area contributed by atoms with E-state index in [4.69, 9.17) is 4.74 Å². The van der Waals surface area contributed by atoms with Crippen molar-refractivity contribution in [3.8, 4) is 0 Å². The fourth-order valence-electron chi connectivity index (χ4n) is 2.30. The molecule has 1 heterocycles. The van der Waals surface area contributed by atoms with E-state index in [1.54, 1.807) is 6.08 Å². The first-order valence-corrected chi connectivity index (χ1v) is 6.13. The van der Waals surface area contributed by atoms with Crippen LogP contribution >= 0.6 is 0 Å². The van der Waals surface area contributed by atoms with Crippen LogP contribution < -0.4 is 0 Å². The highest BCUT2D eigenvalue weighted by Gasteiger charge is 2.53. The molecule has 0 amide bonds. The predicted molar refractivity (Wildman–Crippen MR) is 68.8 cm³/mol. The Hall–Kier alpha value is -1.61. The first-order valence-electron chi connectivity index (χ1n) is 6.13. The van der Waals surface area contributed by atoms with E-state index in [1.807, 2.05) is 37.3 Å². The van der Waals surface area contributed by atoms with Crippen LogP contribution in [-0.4, -0.2) is 17.2 Å². The van der Waals surface area contributed by atoms with Gasteiger partial charge in [-0.05, 0) is 18.9 Å². The molecule has 3 atom stereocenters. The van der Waals surface area contributed by atoms with Gasteiger partial charge in [0.2, 0.25) is 0 Å². The van der Waals surface area contributed by atoms with Crippen molar-refractivity contribution in [1.29, 1.82) is 0 Å². The first kappa shape index (κ1) is 12.8. The monoisotopic (exact) mass is 246 g/mol. The number of aliphatic hydroxyl groups is 1. The summed E-state index contributed by atoms with van der Waals surface area (Å²) in [4.78, 5) is 11.5. The first-order chi connectivity index (χ1) is 8.58. The molecule has 0 aromatic heterocycles. The van der Waals surface area contributed by atoms with Crippen molar-refractivity contribution in [3.63, 3.8) is 0 Å². The number of allylic oxidation sites excluding steroid dienone is 1. The summed E-state index contributed by atoms with van der Waals surface area (Å²) in [5.41, 5.74) is 0.318. The summed E-state index contributed by atoms with van der Waals surface area (Å²) in [7, 11) is 0. The molecule has 1 saturated heterocycles. The smallest absolute Gasteiger partial charge is 0.316 e. The molecule has 0 spiro atoms. The Kier molecular flexibility index (Phi) is 3.53. The molecule has 3 heteroatoms. The number of benzene rings is 1. The number of hydrogen-bond acceptors (Lipinski definition) is 3. The highest BCUT2D eigenvalue weighted by atomic mass is 16.6. The van der Waals surface area contributed by atoms with E-state index < -0.39 is 11.5 Å². The highest BCUT2D eigenvalue weighted by molar-refractivity contribution is 5.82. The maximum atomic E-state index is 11.5. The van der Waals surface area contributed by atoms with Crippen LogP contribution in [0, 0.1) is 5.41 Å². The van der Waals surface area contributed by atoms with Crippen molar-refractivity contribution in [2.24, 2.45) is 5.41 Å². The van der Waals surface area contributed by atoms with Crippen molar-refractivity contribution in [1.82, 2.24) is 0 Å². The fraction of sp³-hybridized carbons (Fsp3) is 0.400. The third-order valence-corrected chi connectivity index (χ3v) is 3.62. The largest absolute Gasteiger partial charge is 0.461 e. The average molecular weight is 246 g/mol. The Morgan fingerprint density at radius 3 is 2.72 bits per heavy atom. The molecule has 2 rings (SSSR count). The van der Waals surface area contributed by atoms with Crippen LogP contribution in [0.25, 0.3) is 0 Å². The van der Waals surface area contributed by atoms with Crippen LogP contribution in [0.3, 0.4) is 0 Å². The molecule has 0 unspecified atom stereocenters. The zero-order chi connectivity index (χ0) is 13.2. The van der Waals surface area contributed by atoms with E-state index in [0.717, 1.165) is 5.56 Å². The van der Waals surface area contributed by atoms with E-state index >= 15 is 0 Å². The quantitative estimate of drug-likeness (QED) is 0.641. The molecule has 0 radical (unpaired) electrons. The Bertz CT molecular complexity index is 440. The number of aliphatic hydroxyl groups excluding tert-OH is 1. The second-order valence-corrected chi connectivity index (χ2v) is 4.97. The maximum Gasteiger partial charge on any atom is 0.316 e. The highest BCUT2D eigenvalue weighted by Crippen LogP contribution is 2.43. The van der Waals surface area contributed by atoms with Crippen molar-refractivity contribution in [2.45, 2.75) is 32.0 Å². The van der Waals surface area contributed by atoms with Gasteiger partial charge in [-0.1, -0.05) is 36.4 Å². The number of cyclic esters (lactones) is 1. The molecule has 1 fully saturated rings. The summed E-state index contributed by atoms with van der Waals surface area (Å²) < 4.78 is 5.15. The standard InChI is InChI=1S/C15H18O3/c1-3-9-15(2)13(18-14(15)17)10-12(16)11-7-5-4-6-8-11/h3-8,12-13,16H,1,9-10H2,2H3/t12-,13-,15-/m0/s1. The number of ether oxygens (including phenoxy) is 1. The van der Waals surface area contributed by atoms with Crippen molar-refractivity contribution in [3.05, 3.63) is 48.6 Å². The second-order valence-electron chi connectivity index (χ2n) is 4.97. The lowest BCUT2D eigenvalue weighted by atomic mass is 9.74. The van der Waals surface area contributed by atoms with Crippen LogP contribution in [0.2, 0.25) is 0 Å². The molecule has 18 heavy (non-hydrogen) atoms. The van der Waals surface area contributed by atoms with Crippen molar-refractivity contribution < 1.29 is 14.6 Å². The molecule has 1 aliphatic rings. The Morgan fingerprint density at radius 2 is 2.17 bits per heavy atom. The lowest BCUT2D eigenvalue weighted by Gasteiger charge is -2.44. The second kappa shape index (κ2) is 4.94. The van der Waals surface area contributed by atoms with Gasteiger partial charge in [-0.2, -0.15) is 0 Å². The van der Waals surface area contributed by atoms with Gasteiger partial charge in [0.05, 0.1) is 6.10 Å². The van der Waals surface area contributed by atoms with E-state index in [2.05, 4.69) is 6.58 Å². The van der Waals surface area contributed by atoms with Crippen LogP contribution in [0.15, 0.2) is 43.0 Å². The van der Waals surface area contributed by atoms with Gasteiger partial charge in [-0.15, -0.1) is 6.58 Å². The number of rotatable bonds is 5. The SMILES string of the molecule is C=CC[C@]1(C)C(=O)O[C@H]1C[C@H](O)c1ccccc1. The molecular weight excluding hydrogens is 228 g/mol. The molecule has 1 N–H and O–H groups in total. The summed E-state index contributed by atoms with van der Waals surface area (Å²) in [6, 6.07) is 9.41. The Labute approximate surface area is 107 Å². The molecule has 0 bridgehead atoms. The zero-order valence-corrected chi connectivity index (χ0v) is 10.5. The van der Waals surface area contributed by atoms with Crippen LogP contribution in [-0.2, 0) is 9.53 Å². The summed E-state index contributed by atoms with van der Waals surface area (Å²) in [5, 5.41) is 10.1. The topological polar surface area (TPSA) is 46.5 Å². The average Bonchev–Trinajstić information content (AvgIpc) is 2.39. The van der Waals surface area contributed by atoms with Gasteiger partial charge in [0.25, 0.3) is 0 Å².